The molecule has 1 aromatic heterocycles. The standard InChI is InChI=1S/C12H25N5O/c1-12(2,16(4)5)10-18-7-6-17-9-11(8-13-3)14-15-17/h9,13H,6-8,10H2,1-5H3. The molecule has 0 aromatic carbocycles. The van der Waals surface area contributed by atoms with Gasteiger partial charge in [0.2, 0.25) is 0 Å². The molecule has 0 aliphatic rings. The van der Waals surface area contributed by atoms with E-state index in [4.69, 9.17) is 4.74 Å². The van der Waals surface area contributed by atoms with Gasteiger partial charge in [0.25, 0.3) is 0 Å². The van der Waals surface area contributed by atoms with Gasteiger partial charge < -0.3 is 15.0 Å². The lowest BCUT2D eigenvalue weighted by atomic mass is 10.1. The van der Waals surface area contributed by atoms with Crippen LogP contribution in [0.15, 0.2) is 6.20 Å². The molecule has 104 valence electrons. The van der Waals surface area contributed by atoms with Gasteiger partial charge in [-0.3, -0.25) is 0 Å². The molecule has 1 rings (SSSR count). The number of nitrogens with zero attached hydrogens (tertiary/aromatic N) is 4. The van der Waals surface area contributed by atoms with E-state index in [1.165, 1.54) is 0 Å². The number of nitrogens with one attached hydrogen (secondary N) is 1. The van der Waals surface area contributed by atoms with Gasteiger partial charge in [-0.25, -0.2) is 4.68 Å². The molecule has 6 nitrogen and oxygen atoms in total. The molecule has 0 radical (unpaired) electrons. The number of hydrogen-bond donors (Lipinski definition) is 1. The van der Waals surface area contributed by atoms with Crippen molar-refractivity contribution in [3.8, 4) is 0 Å². The molecule has 0 unspecified atom stereocenters. The van der Waals surface area contributed by atoms with Gasteiger partial charge in [-0.05, 0) is 35.0 Å². The predicted molar refractivity (Wildman–Crippen MR) is 71.4 cm³/mol. The Kier molecular flexibility index (Phi) is 5.71. The molecule has 0 aliphatic heterocycles. The van der Waals surface area contributed by atoms with Crippen LogP contribution in [0.3, 0.4) is 0 Å². The zero-order valence-electron chi connectivity index (χ0n) is 12.1. The molecule has 1 aromatic rings. The molecule has 0 saturated carbocycles. The summed E-state index contributed by atoms with van der Waals surface area (Å²) in [6, 6.07) is 0. The van der Waals surface area contributed by atoms with E-state index >= 15 is 0 Å². The molecule has 18 heavy (non-hydrogen) atoms. The van der Waals surface area contributed by atoms with Gasteiger partial charge in [0.1, 0.15) is 0 Å². The molecule has 0 fully saturated rings. The molecule has 0 aliphatic carbocycles. The fourth-order valence-electron chi connectivity index (χ4n) is 1.32. The monoisotopic (exact) mass is 255 g/mol. The van der Waals surface area contributed by atoms with Crippen molar-refractivity contribution in [2.24, 2.45) is 0 Å². The van der Waals surface area contributed by atoms with E-state index in [9.17, 15) is 0 Å². The summed E-state index contributed by atoms with van der Waals surface area (Å²) in [6.45, 7) is 7.16. The molecule has 0 amide bonds. The van der Waals surface area contributed by atoms with E-state index in [-0.39, 0.29) is 5.54 Å². The SMILES string of the molecule is CNCc1cn(CCOCC(C)(C)N(C)C)nn1. The summed E-state index contributed by atoms with van der Waals surface area (Å²) >= 11 is 0. The lowest BCUT2D eigenvalue weighted by Gasteiger charge is -2.32. The number of ether oxygens (including phenoxy) is 1. The summed E-state index contributed by atoms with van der Waals surface area (Å²) < 4.78 is 7.50. The van der Waals surface area contributed by atoms with Gasteiger partial charge >= 0.3 is 0 Å². The van der Waals surface area contributed by atoms with Crippen LogP contribution in [0.4, 0.5) is 0 Å². The van der Waals surface area contributed by atoms with Crippen molar-refractivity contribution in [3.63, 3.8) is 0 Å². The Balaban J connectivity index is 2.25. The summed E-state index contributed by atoms with van der Waals surface area (Å²) in [5.74, 6) is 0. The first kappa shape index (κ1) is 15.1. The summed E-state index contributed by atoms with van der Waals surface area (Å²) in [6.07, 6.45) is 1.94. The minimum Gasteiger partial charge on any atom is -0.378 e. The van der Waals surface area contributed by atoms with Crippen LogP contribution in [-0.2, 0) is 17.8 Å². The Morgan fingerprint density at radius 2 is 2.17 bits per heavy atom. The maximum Gasteiger partial charge on any atom is 0.0964 e. The van der Waals surface area contributed by atoms with Crippen molar-refractivity contribution in [1.29, 1.82) is 0 Å². The van der Waals surface area contributed by atoms with Crippen LogP contribution in [0.1, 0.15) is 19.5 Å². The Hall–Kier alpha value is -0.980. The lowest BCUT2D eigenvalue weighted by molar-refractivity contribution is 0.0317. The van der Waals surface area contributed by atoms with E-state index in [0.29, 0.717) is 13.2 Å². The van der Waals surface area contributed by atoms with Crippen molar-refractivity contribution < 1.29 is 4.74 Å². The van der Waals surface area contributed by atoms with E-state index in [1.807, 2.05) is 17.9 Å². The number of likely N-dealkylation sites (N-methyl/N-ethyl adjacent to an activating group) is 1. The van der Waals surface area contributed by atoms with Crippen LogP contribution in [0.2, 0.25) is 0 Å². The van der Waals surface area contributed by atoms with E-state index < -0.39 is 0 Å². The van der Waals surface area contributed by atoms with Crippen LogP contribution >= 0.6 is 0 Å². The quantitative estimate of drug-likeness (QED) is 0.680. The highest BCUT2D eigenvalue weighted by Crippen LogP contribution is 2.09. The Labute approximate surface area is 109 Å². The second-order valence-electron chi connectivity index (χ2n) is 5.26. The Morgan fingerprint density at radius 1 is 1.44 bits per heavy atom. The highest BCUT2D eigenvalue weighted by atomic mass is 16.5. The molecule has 0 bridgehead atoms. The average Bonchev–Trinajstić information content (AvgIpc) is 2.73. The first-order chi connectivity index (χ1) is 8.45. The van der Waals surface area contributed by atoms with Gasteiger partial charge in [-0.1, -0.05) is 5.21 Å². The molecule has 0 atom stereocenters. The third-order valence-electron chi connectivity index (χ3n) is 3.07. The normalized spacial score (nSPS) is 12.3. The first-order valence-corrected chi connectivity index (χ1v) is 6.24. The summed E-state index contributed by atoms with van der Waals surface area (Å²) in [5.41, 5.74) is 1.01. The van der Waals surface area contributed by atoms with Gasteiger partial charge in [-0.15, -0.1) is 5.10 Å². The van der Waals surface area contributed by atoms with Gasteiger partial charge in [-0.2, -0.15) is 0 Å². The molecular weight excluding hydrogens is 230 g/mol. The smallest absolute Gasteiger partial charge is 0.0964 e. The molecule has 1 N–H and O–H groups in total. The van der Waals surface area contributed by atoms with Crippen LogP contribution in [0, 0.1) is 0 Å². The van der Waals surface area contributed by atoms with Gasteiger partial charge in [0, 0.05) is 18.3 Å². The largest absolute Gasteiger partial charge is 0.378 e. The molecule has 1 heterocycles. The van der Waals surface area contributed by atoms with Gasteiger partial charge in [0.15, 0.2) is 0 Å². The molecular formula is C12H25N5O. The van der Waals surface area contributed by atoms with E-state index in [0.717, 1.165) is 18.8 Å². The van der Waals surface area contributed by atoms with Crippen LogP contribution in [-0.4, -0.2) is 59.8 Å². The van der Waals surface area contributed by atoms with Crippen molar-refractivity contribution >= 4 is 0 Å². The average molecular weight is 255 g/mol. The Morgan fingerprint density at radius 3 is 2.78 bits per heavy atom. The predicted octanol–water partition coefficient (Wildman–Crippen LogP) is 0.354. The summed E-state index contributed by atoms with van der Waals surface area (Å²) in [4.78, 5) is 2.16. The second-order valence-corrected chi connectivity index (χ2v) is 5.26. The van der Waals surface area contributed by atoms with Crippen LogP contribution in [0.25, 0.3) is 0 Å². The zero-order chi connectivity index (χ0) is 13.6. The third-order valence-corrected chi connectivity index (χ3v) is 3.07. The van der Waals surface area contributed by atoms with E-state index in [1.54, 1.807) is 0 Å². The van der Waals surface area contributed by atoms with Crippen molar-refractivity contribution in [3.05, 3.63) is 11.9 Å². The minimum atomic E-state index is 0.0552. The first-order valence-electron chi connectivity index (χ1n) is 6.24. The van der Waals surface area contributed by atoms with Crippen molar-refractivity contribution in [2.75, 3.05) is 34.4 Å². The molecule has 0 saturated heterocycles. The third kappa shape index (κ3) is 4.72. The molecule has 6 heteroatoms. The number of hydrogen-bond acceptors (Lipinski definition) is 5. The van der Waals surface area contributed by atoms with Crippen LogP contribution in [0.5, 0.6) is 0 Å². The van der Waals surface area contributed by atoms with Gasteiger partial charge in [0.05, 0.1) is 25.5 Å². The number of rotatable bonds is 8. The Bertz CT molecular complexity index is 348. The fourth-order valence-corrected chi connectivity index (χ4v) is 1.32. The maximum atomic E-state index is 5.69. The number of aromatic nitrogens is 3. The van der Waals surface area contributed by atoms with E-state index in [2.05, 4.69) is 48.5 Å². The summed E-state index contributed by atoms with van der Waals surface area (Å²) in [5, 5.41) is 11.1. The maximum absolute atomic E-state index is 5.69. The topological polar surface area (TPSA) is 55.2 Å². The van der Waals surface area contributed by atoms with Crippen molar-refractivity contribution in [2.45, 2.75) is 32.5 Å². The highest BCUT2D eigenvalue weighted by Gasteiger charge is 2.20. The summed E-state index contributed by atoms with van der Waals surface area (Å²) in [7, 11) is 6.01. The lowest BCUT2D eigenvalue weighted by Crippen LogP contribution is -2.42. The second kappa shape index (κ2) is 6.82. The van der Waals surface area contributed by atoms with Crippen LogP contribution < -0.4 is 5.32 Å². The fraction of sp³-hybridized carbons (Fsp3) is 0.833. The highest BCUT2D eigenvalue weighted by molar-refractivity contribution is 4.90. The molecule has 0 spiro atoms. The minimum absolute atomic E-state index is 0.0552. The van der Waals surface area contributed by atoms with Crippen molar-refractivity contribution in [1.82, 2.24) is 25.2 Å². The zero-order valence-corrected chi connectivity index (χ0v) is 12.1.